The van der Waals surface area contributed by atoms with E-state index in [9.17, 15) is 20.2 Å². The minimum absolute atomic E-state index is 0. The topological polar surface area (TPSA) is 86.3 Å². The van der Waals surface area contributed by atoms with Crippen LogP contribution in [0.25, 0.3) is 0 Å². The third-order valence-electron chi connectivity index (χ3n) is 1.79. The molecule has 0 amide bonds. The van der Waals surface area contributed by atoms with Gasteiger partial charge in [-0.15, -0.1) is 5.56 Å². The van der Waals surface area contributed by atoms with Crippen molar-refractivity contribution in [3.63, 3.8) is 0 Å². The van der Waals surface area contributed by atoms with Crippen LogP contribution >= 0.6 is 0 Å². The molecule has 0 spiro atoms. The summed E-state index contributed by atoms with van der Waals surface area (Å²) in [6.45, 7) is 4.83. The molecule has 1 radical (unpaired) electrons. The summed E-state index contributed by atoms with van der Waals surface area (Å²) in [4.78, 5) is 19.7. The van der Waals surface area contributed by atoms with E-state index in [0.29, 0.717) is 0 Å². The summed E-state index contributed by atoms with van der Waals surface area (Å²) in [5.41, 5.74) is -0.0462. The maximum Gasteiger partial charge on any atom is 0.220 e. The molecule has 0 saturated heterocycles. The van der Waals surface area contributed by atoms with Crippen LogP contribution < -0.4 is 0 Å². The average molecular weight is 284 g/mol. The summed E-state index contributed by atoms with van der Waals surface area (Å²) in [5.74, 6) is 0. The molecule has 77 valence electrons. The van der Waals surface area contributed by atoms with Crippen molar-refractivity contribution in [2.24, 2.45) is 0 Å². The first-order valence-electron chi connectivity index (χ1n) is 3.69. The van der Waals surface area contributed by atoms with E-state index in [1.54, 1.807) is 0 Å². The van der Waals surface area contributed by atoms with Gasteiger partial charge < -0.3 is 0 Å². The smallest absolute Gasteiger partial charge is 0.220 e. The molecule has 6 nitrogen and oxygen atoms in total. The number of hydrogen-bond donors (Lipinski definition) is 0. The van der Waals surface area contributed by atoms with Gasteiger partial charge in [0.1, 0.15) is 0 Å². The normalized spacial score (nSPS) is 9.13. The monoisotopic (exact) mass is 284 g/mol. The fourth-order valence-electron chi connectivity index (χ4n) is 1.09. The maximum absolute atomic E-state index is 10.5. The zero-order chi connectivity index (χ0) is 10.9. The van der Waals surface area contributed by atoms with Crippen LogP contribution in [-0.4, -0.2) is 9.85 Å². The number of aryl methyl sites for hydroxylation is 1. The quantitative estimate of drug-likeness (QED) is 0.472. The first kappa shape index (κ1) is 14.0. The van der Waals surface area contributed by atoms with Crippen LogP contribution in [0, 0.1) is 34.1 Å². The van der Waals surface area contributed by atoms with Crippen molar-refractivity contribution in [3.8, 4) is 0 Å². The summed E-state index contributed by atoms with van der Waals surface area (Å²) in [7, 11) is 0. The second-order valence-electron chi connectivity index (χ2n) is 2.78. The molecule has 0 saturated carbocycles. The molecular formula is C8H7N2O4Y-. The molecule has 0 heterocycles. The largest absolute Gasteiger partial charge is 0.270 e. The minimum atomic E-state index is -0.612. The number of benzene rings is 1. The predicted octanol–water partition coefficient (Wildman–Crippen LogP) is 1.99. The third kappa shape index (κ3) is 2.97. The molecule has 0 aromatic heterocycles. The van der Waals surface area contributed by atoms with E-state index in [1.165, 1.54) is 6.92 Å². The van der Waals surface area contributed by atoms with Crippen molar-refractivity contribution in [3.05, 3.63) is 50.4 Å². The minimum Gasteiger partial charge on any atom is -0.270 e. The molecule has 1 aromatic rings. The number of nitro groups is 2. The Morgan fingerprint density at radius 1 is 1.13 bits per heavy atom. The SMILES string of the molecule is [CH2-]c1cc([N+](=O)[O-])c(C)cc1[N+](=O)[O-].[Y]. The molecule has 0 atom stereocenters. The van der Waals surface area contributed by atoms with E-state index in [2.05, 4.69) is 6.92 Å². The van der Waals surface area contributed by atoms with Gasteiger partial charge in [0.2, 0.25) is 5.69 Å². The Bertz CT molecular complexity index is 380. The second kappa shape index (κ2) is 5.18. The van der Waals surface area contributed by atoms with Crippen molar-refractivity contribution < 1.29 is 42.6 Å². The molecule has 0 aliphatic heterocycles. The molecule has 0 unspecified atom stereocenters. The summed E-state index contributed by atoms with van der Waals surface area (Å²) in [6.07, 6.45) is 0. The molecule has 0 fully saturated rings. The van der Waals surface area contributed by atoms with Crippen LogP contribution in [0.3, 0.4) is 0 Å². The Morgan fingerprint density at radius 2 is 1.60 bits per heavy atom. The molecule has 0 bridgehead atoms. The van der Waals surface area contributed by atoms with E-state index in [4.69, 9.17) is 0 Å². The van der Waals surface area contributed by atoms with Gasteiger partial charge in [0.05, 0.1) is 0 Å². The first-order valence-corrected chi connectivity index (χ1v) is 3.69. The van der Waals surface area contributed by atoms with Crippen LogP contribution in [0.5, 0.6) is 0 Å². The van der Waals surface area contributed by atoms with Crippen molar-refractivity contribution in [2.75, 3.05) is 0 Å². The summed E-state index contributed by atoms with van der Waals surface area (Å²) in [5, 5.41) is 20.9. The molecule has 0 aliphatic carbocycles. The van der Waals surface area contributed by atoms with Gasteiger partial charge >= 0.3 is 0 Å². The molecular weight excluding hydrogens is 277 g/mol. The Kier molecular flexibility index (Phi) is 4.83. The molecule has 1 rings (SSSR count). The van der Waals surface area contributed by atoms with Gasteiger partial charge in [0.25, 0.3) is 0 Å². The fraction of sp³-hybridized carbons (Fsp3) is 0.125. The molecule has 7 heteroatoms. The third-order valence-corrected chi connectivity index (χ3v) is 1.79. The number of rotatable bonds is 2. The Balaban J connectivity index is 0.00000196. The number of nitrogens with zero attached hydrogens (tertiary/aromatic N) is 2. The van der Waals surface area contributed by atoms with E-state index in [0.717, 1.165) is 12.1 Å². The van der Waals surface area contributed by atoms with Gasteiger partial charge in [-0.3, -0.25) is 20.2 Å². The van der Waals surface area contributed by atoms with Crippen molar-refractivity contribution in [1.29, 1.82) is 0 Å². The number of nitro benzene ring substituents is 2. The molecule has 0 aliphatic rings. The molecule has 1 aromatic carbocycles. The van der Waals surface area contributed by atoms with E-state index < -0.39 is 9.85 Å². The van der Waals surface area contributed by atoms with Gasteiger partial charge in [0, 0.05) is 48.1 Å². The summed E-state index contributed by atoms with van der Waals surface area (Å²) in [6, 6.07) is 2.26. The zero-order valence-corrected chi connectivity index (χ0v) is 10.8. The molecule has 15 heavy (non-hydrogen) atoms. The Morgan fingerprint density at radius 3 is 2.00 bits per heavy atom. The van der Waals surface area contributed by atoms with Crippen LogP contribution in [0.15, 0.2) is 12.1 Å². The summed E-state index contributed by atoms with van der Waals surface area (Å²) >= 11 is 0. The average Bonchev–Trinajstić information content (AvgIpc) is 2.07. The van der Waals surface area contributed by atoms with Gasteiger partial charge in [0.15, 0.2) is 5.69 Å². The summed E-state index contributed by atoms with van der Waals surface area (Å²) < 4.78 is 0. The van der Waals surface area contributed by atoms with Crippen LogP contribution in [0.4, 0.5) is 11.4 Å². The second-order valence-corrected chi connectivity index (χ2v) is 2.78. The van der Waals surface area contributed by atoms with Crippen LogP contribution in [0.2, 0.25) is 0 Å². The van der Waals surface area contributed by atoms with Crippen LogP contribution in [0.1, 0.15) is 11.1 Å². The first-order chi connectivity index (χ1) is 6.43. The predicted molar refractivity (Wildman–Crippen MR) is 48.9 cm³/mol. The van der Waals surface area contributed by atoms with Crippen molar-refractivity contribution in [1.82, 2.24) is 0 Å². The Labute approximate surface area is 111 Å². The van der Waals surface area contributed by atoms with E-state index in [-0.39, 0.29) is 55.2 Å². The van der Waals surface area contributed by atoms with Gasteiger partial charge in [-0.25, -0.2) is 0 Å². The van der Waals surface area contributed by atoms with Crippen LogP contribution in [-0.2, 0) is 32.7 Å². The fourth-order valence-corrected chi connectivity index (χ4v) is 1.09. The van der Waals surface area contributed by atoms with Gasteiger partial charge in [-0.2, -0.15) is 6.92 Å². The maximum atomic E-state index is 10.5. The van der Waals surface area contributed by atoms with E-state index >= 15 is 0 Å². The molecule has 0 N–H and O–H groups in total. The van der Waals surface area contributed by atoms with Crippen molar-refractivity contribution in [2.45, 2.75) is 6.92 Å². The van der Waals surface area contributed by atoms with E-state index in [1.807, 2.05) is 0 Å². The standard InChI is InChI=1S/C8H7N2O4.Y/c1-5-3-8(10(13)14)6(2)4-7(5)9(11)12;/h3-4H,1H2,2H3;/q-1;. The number of hydrogen-bond acceptors (Lipinski definition) is 4. The van der Waals surface area contributed by atoms with Gasteiger partial charge in [-0.1, -0.05) is 6.07 Å². The Hall–Kier alpha value is -1.01. The van der Waals surface area contributed by atoms with Crippen molar-refractivity contribution >= 4 is 11.4 Å². The zero-order valence-electron chi connectivity index (χ0n) is 7.97. The van der Waals surface area contributed by atoms with Gasteiger partial charge in [-0.05, 0) is 13.0 Å².